The van der Waals surface area contributed by atoms with Gasteiger partial charge in [0.05, 0.1) is 0 Å². The predicted molar refractivity (Wildman–Crippen MR) is 84.8 cm³/mol. The maximum Gasteiger partial charge on any atom is 0.156 e. The summed E-state index contributed by atoms with van der Waals surface area (Å²) < 4.78 is 0. The van der Waals surface area contributed by atoms with E-state index in [0.717, 1.165) is 18.4 Å². The molecule has 108 valence electrons. The Hall–Kier alpha value is -0.180. The Kier molecular flexibility index (Phi) is 4.11. The van der Waals surface area contributed by atoms with E-state index in [9.17, 15) is 0 Å². The Labute approximate surface area is 122 Å². The lowest BCUT2D eigenvalue weighted by Crippen LogP contribution is -2.44. The van der Waals surface area contributed by atoms with Crippen LogP contribution in [0.25, 0.3) is 0 Å². The first-order chi connectivity index (χ1) is 9.19. The smallest absolute Gasteiger partial charge is 0.156 e. The average molecular weight is 280 g/mol. The summed E-state index contributed by atoms with van der Waals surface area (Å²) in [6.45, 7) is 5.90. The molecule has 0 aromatic heterocycles. The Morgan fingerprint density at radius 1 is 1.16 bits per heavy atom. The molecule has 3 unspecified atom stereocenters. The van der Waals surface area contributed by atoms with Crippen LogP contribution in [0.2, 0.25) is 0 Å². The van der Waals surface area contributed by atoms with Crippen LogP contribution in [0, 0.1) is 17.3 Å². The summed E-state index contributed by atoms with van der Waals surface area (Å²) in [4.78, 5) is 4.89. The zero-order chi connectivity index (χ0) is 13.3. The maximum atomic E-state index is 4.89. The van der Waals surface area contributed by atoms with Gasteiger partial charge in [-0.25, -0.2) is 0 Å². The molecule has 1 N–H and O–H groups in total. The van der Waals surface area contributed by atoms with Crippen molar-refractivity contribution in [2.75, 3.05) is 12.3 Å². The lowest BCUT2D eigenvalue weighted by molar-refractivity contribution is 0.225. The van der Waals surface area contributed by atoms with E-state index in [0.29, 0.717) is 11.5 Å². The molecule has 1 spiro atoms. The van der Waals surface area contributed by atoms with Crippen molar-refractivity contribution in [3.05, 3.63) is 0 Å². The average Bonchev–Trinajstić information content (AvgIpc) is 2.86. The van der Waals surface area contributed by atoms with Crippen molar-refractivity contribution in [2.24, 2.45) is 22.2 Å². The summed E-state index contributed by atoms with van der Waals surface area (Å²) in [5.74, 6) is 2.95. The van der Waals surface area contributed by atoms with Crippen LogP contribution in [-0.4, -0.2) is 23.5 Å². The molecule has 0 aromatic rings. The quantitative estimate of drug-likeness (QED) is 0.783. The number of hydrogen-bond donors (Lipinski definition) is 1. The largest absolute Gasteiger partial charge is 0.362 e. The minimum atomic E-state index is 0.571. The van der Waals surface area contributed by atoms with Gasteiger partial charge in [0.25, 0.3) is 0 Å². The number of nitrogens with one attached hydrogen (secondary N) is 1. The molecule has 2 fully saturated rings. The third-order valence-corrected chi connectivity index (χ3v) is 7.03. The lowest BCUT2D eigenvalue weighted by atomic mass is 9.78. The molecule has 1 aliphatic heterocycles. The Balaban J connectivity index is 1.57. The Bertz CT molecular complexity index is 347. The zero-order valence-electron chi connectivity index (χ0n) is 12.5. The van der Waals surface area contributed by atoms with Crippen molar-refractivity contribution in [1.82, 2.24) is 5.32 Å². The second-order valence-corrected chi connectivity index (χ2v) is 8.10. The number of thioether (sulfide) groups is 1. The summed E-state index contributed by atoms with van der Waals surface area (Å²) in [5, 5.41) is 5.00. The van der Waals surface area contributed by atoms with Crippen molar-refractivity contribution in [3.8, 4) is 0 Å². The highest BCUT2D eigenvalue weighted by atomic mass is 32.2. The van der Waals surface area contributed by atoms with Crippen LogP contribution >= 0.6 is 11.8 Å². The minimum Gasteiger partial charge on any atom is -0.362 e. The van der Waals surface area contributed by atoms with Crippen molar-refractivity contribution in [1.29, 1.82) is 0 Å². The first kappa shape index (κ1) is 13.8. The normalized spacial score (nSPS) is 38.2. The van der Waals surface area contributed by atoms with Crippen molar-refractivity contribution in [2.45, 2.75) is 64.8 Å². The molecule has 0 amide bonds. The van der Waals surface area contributed by atoms with Crippen LogP contribution in [0.3, 0.4) is 0 Å². The van der Waals surface area contributed by atoms with E-state index in [1.165, 1.54) is 55.9 Å². The third-order valence-electron chi connectivity index (χ3n) is 5.75. The summed E-state index contributed by atoms with van der Waals surface area (Å²) in [7, 11) is 0. The molecule has 2 aliphatic carbocycles. The standard InChI is InChI=1S/C16H28N2S/c1-12-6-5-7-14(13(12)2)18-15-17-10-16(11-19-15)8-3-4-9-16/h12-14H,3-11H2,1-2H3,(H,17,18). The van der Waals surface area contributed by atoms with Gasteiger partial charge in [0.15, 0.2) is 5.17 Å². The van der Waals surface area contributed by atoms with Crippen LogP contribution in [0.4, 0.5) is 0 Å². The summed E-state index contributed by atoms with van der Waals surface area (Å²) in [6.07, 6.45) is 9.79. The minimum absolute atomic E-state index is 0.571. The number of hydrogen-bond acceptors (Lipinski definition) is 3. The molecule has 1 heterocycles. The lowest BCUT2D eigenvalue weighted by Gasteiger charge is -2.37. The first-order valence-electron chi connectivity index (χ1n) is 8.12. The van der Waals surface area contributed by atoms with E-state index in [4.69, 9.17) is 4.99 Å². The molecule has 2 saturated carbocycles. The van der Waals surface area contributed by atoms with Crippen molar-refractivity contribution < 1.29 is 0 Å². The van der Waals surface area contributed by atoms with E-state index in [-0.39, 0.29) is 0 Å². The summed E-state index contributed by atoms with van der Waals surface area (Å²) >= 11 is 2.00. The fourth-order valence-corrected chi connectivity index (χ4v) is 5.22. The number of amidine groups is 1. The number of rotatable bonds is 1. The molecule has 0 bridgehead atoms. The van der Waals surface area contributed by atoms with Gasteiger partial charge < -0.3 is 5.32 Å². The Morgan fingerprint density at radius 3 is 2.63 bits per heavy atom. The van der Waals surface area contributed by atoms with Gasteiger partial charge in [0, 0.05) is 18.3 Å². The van der Waals surface area contributed by atoms with Gasteiger partial charge in [-0.05, 0) is 36.5 Å². The van der Waals surface area contributed by atoms with Gasteiger partial charge in [-0.15, -0.1) is 0 Å². The van der Waals surface area contributed by atoms with Crippen molar-refractivity contribution >= 4 is 16.9 Å². The van der Waals surface area contributed by atoms with Crippen molar-refractivity contribution in [3.63, 3.8) is 0 Å². The molecule has 19 heavy (non-hydrogen) atoms. The van der Waals surface area contributed by atoms with Crippen LogP contribution in [0.5, 0.6) is 0 Å². The van der Waals surface area contributed by atoms with Crippen LogP contribution in [0.15, 0.2) is 4.99 Å². The van der Waals surface area contributed by atoms with E-state index in [2.05, 4.69) is 19.2 Å². The molecule has 0 radical (unpaired) electrons. The van der Waals surface area contributed by atoms with Gasteiger partial charge in [0.1, 0.15) is 0 Å². The second kappa shape index (κ2) is 5.67. The highest BCUT2D eigenvalue weighted by molar-refractivity contribution is 8.13. The molecule has 0 saturated heterocycles. The third kappa shape index (κ3) is 2.96. The first-order valence-corrected chi connectivity index (χ1v) is 9.11. The van der Waals surface area contributed by atoms with Gasteiger partial charge in [0.2, 0.25) is 0 Å². The van der Waals surface area contributed by atoms with Gasteiger partial charge in [-0.3, -0.25) is 4.99 Å². The number of aliphatic imine (C=N–C) groups is 1. The van der Waals surface area contributed by atoms with Gasteiger partial charge >= 0.3 is 0 Å². The van der Waals surface area contributed by atoms with Gasteiger partial charge in [-0.1, -0.05) is 51.3 Å². The van der Waals surface area contributed by atoms with E-state index < -0.39 is 0 Å². The van der Waals surface area contributed by atoms with E-state index in [1.807, 2.05) is 11.8 Å². The fourth-order valence-electron chi connectivity index (χ4n) is 4.01. The van der Waals surface area contributed by atoms with E-state index >= 15 is 0 Å². The molecule has 3 heteroatoms. The highest BCUT2D eigenvalue weighted by Crippen LogP contribution is 2.43. The topological polar surface area (TPSA) is 24.4 Å². The van der Waals surface area contributed by atoms with Crippen LogP contribution < -0.4 is 5.32 Å². The summed E-state index contributed by atoms with van der Waals surface area (Å²) in [5.41, 5.74) is 0.571. The fraction of sp³-hybridized carbons (Fsp3) is 0.938. The van der Waals surface area contributed by atoms with E-state index in [1.54, 1.807) is 0 Å². The zero-order valence-corrected chi connectivity index (χ0v) is 13.3. The van der Waals surface area contributed by atoms with Gasteiger partial charge in [-0.2, -0.15) is 0 Å². The predicted octanol–water partition coefficient (Wildman–Crippen LogP) is 4.06. The van der Waals surface area contributed by atoms with Crippen LogP contribution in [-0.2, 0) is 0 Å². The molecular formula is C16H28N2S. The highest BCUT2D eigenvalue weighted by Gasteiger charge is 2.37. The molecule has 3 aliphatic rings. The molecular weight excluding hydrogens is 252 g/mol. The molecule has 3 rings (SSSR count). The molecule has 2 nitrogen and oxygen atoms in total. The number of nitrogens with zero attached hydrogens (tertiary/aromatic N) is 1. The molecule has 0 aromatic carbocycles. The Morgan fingerprint density at radius 2 is 1.95 bits per heavy atom. The summed E-state index contributed by atoms with van der Waals surface area (Å²) in [6, 6.07) is 0.660. The maximum absolute atomic E-state index is 4.89. The van der Waals surface area contributed by atoms with Crippen LogP contribution in [0.1, 0.15) is 58.8 Å². The SMILES string of the molecule is CC1CCCC(NC2=NCC3(CCCC3)CS2)C1C. The second-order valence-electron chi connectivity index (χ2n) is 7.14. The monoisotopic (exact) mass is 280 g/mol. The molecule has 3 atom stereocenters.